The van der Waals surface area contributed by atoms with Gasteiger partial charge in [-0.3, -0.25) is 9.59 Å². The van der Waals surface area contributed by atoms with Crippen LogP contribution in [-0.2, 0) is 11.2 Å². The molecular weight excluding hydrogens is 383 g/mol. The summed E-state index contributed by atoms with van der Waals surface area (Å²) in [6, 6.07) is 14.2. The van der Waals surface area contributed by atoms with Crippen LogP contribution < -0.4 is 5.32 Å². The van der Waals surface area contributed by atoms with E-state index in [1.807, 2.05) is 25.1 Å². The summed E-state index contributed by atoms with van der Waals surface area (Å²) >= 11 is 0. The van der Waals surface area contributed by atoms with E-state index in [2.05, 4.69) is 5.32 Å². The van der Waals surface area contributed by atoms with Gasteiger partial charge in [-0.2, -0.15) is 0 Å². The van der Waals surface area contributed by atoms with E-state index in [4.69, 9.17) is 4.42 Å². The summed E-state index contributed by atoms with van der Waals surface area (Å²) in [4.78, 5) is 27.0. The number of benzene rings is 2. The molecule has 1 fully saturated rings. The maximum Gasteiger partial charge on any atom is 0.289 e. The Kier molecular flexibility index (Phi) is 5.84. The molecule has 0 spiro atoms. The number of nitrogens with zero attached hydrogens (tertiary/aromatic N) is 1. The van der Waals surface area contributed by atoms with Crippen molar-refractivity contribution in [2.24, 2.45) is 5.92 Å². The highest BCUT2D eigenvalue weighted by Gasteiger charge is 2.29. The summed E-state index contributed by atoms with van der Waals surface area (Å²) in [6.45, 7) is 3.43. The molecule has 0 aliphatic carbocycles. The minimum absolute atomic E-state index is 0.0300. The van der Waals surface area contributed by atoms with E-state index in [-0.39, 0.29) is 23.5 Å². The van der Waals surface area contributed by atoms with Crippen LogP contribution in [-0.4, -0.2) is 36.3 Å². The van der Waals surface area contributed by atoms with Gasteiger partial charge in [0, 0.05) is 30.9 Å². The van der Waals surface area contributed by atoms with Gasteiger partial charge in [-0.1, -0.05) is 29.8 Å². The van der Waals surface area contributed by atoms with Crippen LogP contribution >= 0.6 is 0 Å². The van der Waals surface area contributed by atoms with Crippen LogP contribution in [0.2, 0.25) is 0 Å². The first-order valence-electron chi connectivity index (χ1n) is 10.3. The number of halogens is 1. The van der Waals surface area contributed by atoms with Gasteiger partial charge in [0.25, 0.3) is 5.91 Å². The summed E-state index contributed by atoms with van der Waals surface area (Å²) in [5.41, 5.74) is 2.41. The maximum absolute atomic E-state index is 13.7. The number of likely N-dealkylation sites (tertiary alicyclic amines) is 1. The average molecular weight is 408 g/mol. The summed E-state index contributed by atoms with van der Waals surface area (Å²) in [5, 5.41) is 3.82. The lowest BCUT2D eigenvalue weighted by Crippen LogP contribution is -2.43. The number of amides is 2. The van der Waals surface area contributed by atoms with Gasteiger partial charge in [0.1, 0.15) is 11.4 Å². The van der Waals surface area contributed by atoms with Gasteiger partial charge < -0.3 is 14.6 Å². The first-order valence-corrected chi connectivity index (χ1v) is 10.3. The van der Waals surface area contributed by atoms with Gasteiger partial charge in [-0.25, -0.2) is 4.39 Å². The molecular formula is C24H25FN2O3. The Morgan fingerprint density at radius 2 is 1.90 bits per heavy atom. The van der Waals surface area contributed by atoms with Crippen LogP contribution in [0.5, 0.6) is 0 Å². The molecule has 1 aliphatic rings. The molecule has 0 radical (unpaired) electrons. The second-order valence-corrected chi connectivity index (χ2v) is 7.85. The topological polar surface area (TPSA) is 62.6 Å². The second-order valence-electron chi connectivity index (χ2n) is 7.85. The number of hydrogen-bond donors (Lipinski definition) is 1. The van der Waals surface area contributed by atoms with Crippen LogP contribution in [0.3, 0.4) is 0 Å². The van der Waals surface area contributed by atoms with Gasteiger partial charge in [-0.15, -0.1) is 0 Å². The lowest BCUT2D eigenvalue weighted by Gasteiger charge is -2.30. The van der Waals surface area contributed by atoms with Crippen molar-refractivity contribution in [2.75, 3.05) is 19.6 Å². The van der Waals surface area contributed by atoms with Crippen molar-refractivity contribution in [1.82, 2.24) is 10.2 Å². The first-order chi connectivity index (χ1) is 14.5. The third-order valence-electron chi connectivity index (χ3n) is 5.69. The smallest absolute Gasteiger partial charge is 0.289 e. The van der Waals surface area contributed by atoms with Gasteiger partial charge in [0.15, 0.2) is 5.76 Å². The number of nitrogens with one attached hydrogen (secondary N) is 1. The van der Waals surface area contributed by atoms with E-state index in [9.17, 15) is 14.0 Å². The molecule has 2 aromatic carbocycles. The molecule has 0 unspecified atom stereocenters. The fourth-order valence-corrected chi connectivity index (χ4v) is 3.93. The SMILES string of the molecule is Cc1ccc2oc(C(=O)N3CCC(C(=O)NCCc4ccccc4F)CC3)cc2c1. The molecule has 4 rings (SSSR count). The zero-order chi connectivity index (χ0) is 21.1. The van der Waals surface area contributed by atoms with Gasteiger partial charge >= 0.3 is 0 Å². The number of furan rings is 1. The van der Waals surface area contributed by atoms with Crippen LogP contribution in [0.1, 0.15) is 34.5 Å². The van der Waals surface area contributed by atoms with E-state index in [1.54, 1.807) is 29.2 Å². The largest absolute Gasteiger partial charge is 0.451 e. The number of aryl methyl sites for hydroxylation is 1. The third-order valence-corrected chi connectivity index (χ3v) is 5.69. The molecule has 3 aromatic rings. The predicted molar refractivity (Wildman–Crippen MR) is 113 cm³/mol. The number of hydrogen-bond acceptors (Lipinski definition) is 3. The second kappa shape index (κ2) is 8.69. The average Bonchev–Trinajstić information content (AvgIpc) is 3.18. The number of carbonyl (C=O) groups is 2. The van der Waals surface area contributed by atoms with E-state index in [0.29, 0.717) is 55.8 Å². The normalized spacial score (nSPS) is 14.8. The molecule has 0 saturated carbocycles. The zero-order valence-electron chi connectivity index (χ0n) is 17.0. The number of carbonyl (C=O) groups excluding carboxylic acids is 2. The van der Waals surface area contributed by atoms with Crippen molar-refractivity contribution in [2.45, 2.75) is 26.2 Å². The van der Waals surface area contributed by atoms with Crippen molar-refractivity contribution >= 4 is 22.8 Å². The van der Waals surface area contributed by atoms with Crippen molar-refractivity contribution in [3.63, 3.8) is 0 Å². The maximum atomic E-state index is 13.7. The standard InChI is InChI=1S/C24H25FN2O3/c1-16-6-7-21-19(14-16)15-22(30-21)24(29)27-12-9-18(10-13-27)23(28)26-11-8-17-4-2-3-5-20(17)25/h2-7,14-15,18H,8-13H2,1H3,(H,26,28). The molecule has 0 bridgehead atoms. The van der Waals surface area contributed by atoms with Gasteiger partial charge in [-0.05, 0) is 56.0 Å². The predicted octanol–water partition coefficient (Wildman–Crippen LogP) is 4.09. The molecule has 2 heterocycles. The Balaban J connectivity index is 1.28. The molecule has 1 N–H and O–H groups in total. The lowest BCUT2D eigenvalue weighted by molar-refractivity contribution is -0.126. The summed E-state index contributed by atoms with van der Waals surface area (Å²) in [5.74, 6) is -0.212. The van der Waals surface area contributed by atoms with Crippen LogP contribution in [0.4, 0.5) is 4.39 Å². The Bertz CT molecular complexity index is 1070. The lowest BCUT2D eigenvalue weighted by atomic mass is 9.95. The van der Waals surface area contributed by atoms with Crippen molar-refractivity contribution in [1.29, 1.82) is 0 Å². The molecule has 1 aromatic heterocycles. The molecule has 5 nitrogen and oxygen atoms in total. The van der Waals surface area contributed by atoms with E-state index >= 15 is 0 Å². The highest BCUT2D eigenvalue weighted by molar-refractivity contribution is 5.96. The fourth-order valence-electron chi connectivity index (χ4n) is 3.93. The van der Waals surface area contributed by atoms with Crippen molar-refractivity contribution in [3.8, 4) is 0 Å². The minimum atomic E-state index is -0.251. The van der Waals surface area contributed by atoms with Crippen LogP contribution in [0, 0.1) is 18.7 Å². The Hall–Kier alpha value is -3.15. The number of fused-ring (bicyclic) bond motifs is 1. The van der Waals surface area contributed by atoms with Crippen molar-refractivity contribution < 1.29 is 18.4 Å². The van der Waals surface area contributed by atoms with Crippen LogP contribution in [0.25, 0.3) is 11.0 Å². The molecule has 1 saturated heterocycles. The summed E-state index contributed by atoms with van der Waals surface area (Å²) in [6.07, 6.45) is 1.68. The minimum Gasteiger partial charge on any atom is -0.451 e. The number of rotatable bonds is 5. The van der Waals surface area contributed by atoms with Crippen molar-refractivity contribution in [3.05, 3.63) is 71.2 Å². The first kappa shape index (κ1) is 20.1. The monoisotopic (exact) mass is 408 g/mol. The fraction of sp³-hybridized carbons (Fsp3) is 0.333. The Morgan fingerprint density at radius 3 is 2.67 bits per heavy atom. The highest BCUT2D eigenvalue weighted by atomic mass is 19.1. The Labute approximate surface area is 174 Å². The quantitative estimate of drug-likeness (QED) is 0.692. The molecule has 1 aliphatic heterocycles. The van der Waals surface area contributed by atoms with Gasteiger partial charge in [0.2, 0.25) is 5.91 Å². The zero-order valence-corrected chi connectivity index (χ0v) is 17.0. The molecule has 2 amide bonds. The van der Waals surface area contributed by atoms with E-state index in [1.165, 1.54) is 6.07 Å². The molecule has 6 heteroatoms. The summed E-state index contributed by atoms with van der Waals surface area (Å²) in [7, 11) is 0. The number of piperidine rings is 1. The third kappa shape index (κ3) is 4.37. The van der Waals surface area contributed by atoms with Crippen LogP contribution in [0.15, 0.2) is 52.9 Å². The molecule has 0 atom stereocenters. The molecule has 30 heavy (non-hydrogen) atoms. The van der Waals surface area contributed by atoms with E-state index < -0.39 is 0 Å². The summed E-state index contributed by atoms with van der Waals surface area (Å²) < 4.78 is 19.4. The highest BCUT2D eigenvalue weighted by Crippen LogP contribution is 2.24. The van der Waals surface area contributed by atoms with Gasteiger partial charge in [0.05, 0.1) is 0 Å². The molecule has 156 valence electrons. The van der Waals surface area contributed by atoms with E-state index in [0.717, 1.165) is 10.9 Å². The Morgan fingerprint density at radius 1 is 1.13 bits per heavy atom.